The molecule has 1 saturated carbocycles. The molecule has 1 aromatic rings. The van der Waals surface area contributed by atoms with E-state index in [1.165, 1.54) is 13.2 Å². The summed E-state index contributed by atoms with van der Waals surface area (Å²) in [5.41, 5.74) is 0.201. The number of hydrogen-bond donors (Lipinski definition) is 0. The van der Waals surface area contributed by atoms with E-state index < -0.39 is 5.82 Å². The Balaban J connectivity index is 2.19. The predicted molar refractivity (Wildman–Crippen MR) is 73.0 cm³/mol. The fourth-order valence-corrected chi connectivity index (χ4v) is 3.20. The number of Topliss-reactive ketones (excluding diaryl/α,β-unsaturated/α-hetero) is 1. The number of ether oxygens (including phenoxy) is 1. The molecule has 0 heterocycles. The number of halogens is 1. The molecule has 1 aromatic carbocycles. The van der Waals surface area contributed by atoms with Crippen molar-refractivity contribution in [2.24, 2.45) is 17.8 Å². The van der Waals surface area contributed by atoms with Crippen LogP contribution in [0.3, 0.4) is 0 Å². The van der Waals surface area contributed by atoms with Gasteiger partial charge in [-0.1, -0.05) is 13.8 Å². The van der Waals surface area contributed by atoms with Gasteiger partial charge >= 0.3 is 0 Å². The Morgan fingerprint density at radius 3 is 2.37 bits per heavy atom. The van der Waals surface area contributed by atoms with Crippen molar-refractivity contribution in [3.05, 3.63) is 29.6 Å². The topological polar surface area (TPSA) is 26.3 Å². The molecule has 0 aliphatic heterocycles. The van der Waals surface area contributed by atoms with E-state index >= 15 is 0 Å². The van der Waals surface area contributed by atoms with E-state index in [0.29, 0.717) is 17.6 Å². The van der Waals surface area contributed by atoms with Crippen LogP contribution < -0.4 is 4.74 Å². The van der Waals surface area contributed by atoms with E-state index in [1.807, 2.05) is 0 Å². The number of ketones is 1. The second-order valence-electron chi connectivity index (χ2n) is 5.82. The third kappa shape index (κ3) is 3.14. The molecule has 0 N–H and O–H groups in total. The highest BCUT2D eigenvalue weighted by Crippen LogP contribution is 2.35. The number of methoxy groups -OCH3 is 1. The van der Waals surface area contributed by atoms with Gasteiger partial charge in [0, 0.05) is 12.0 Å². The van der Waals surface area contributed by atoms with E-state index in [-0.39, 0.29) is 17.3 Å². The van der Waals surface area contributed by atoms with Crippen molar-refractivity contribution in [3.63, 3.8) is 0 Å². The summed E-state index contributed by atoms with van der Waals surface area (Å²) in [6, 6.07) is 4.47. The van der Waals surface area contributed by atoms with Gasteiger partial charge in [0.2, 0.25) is 0 Å². The zero-order chi connectivity index (χ0) is 14.0. The maximum Gasteiger partial charge on any atom is 0.168 e. The summed E-state index contributed by atoms with van der Waals surface area (Å²) in [5.74, 6) is 0.952. The first-order chi connectivity index (χ1) is 9.01. The molecular weight excluding hydrogens is 243 g/mol. The molecule has 2 rings (SSSR count). The zero-order valence-corrected chi connectivity index (χ0v) is 11.8. The van der Waals surface area contributed by atoms with E-state index in [2.05, 4.69) is 13.8 Å². The lowest BCUT2D eigenvalue weighted by Gasteiger charge is -2.30. The van der Waals surface area contributed by atoms with Crippen LogP contribution in [0.5, 0.6) is 5.75 Å². The fraction of sp³-hybridized carbons (Fsp3) is 0.562. The van der Waals surface area contributed by atoms with Gasteiger partial charge < -0.3 is 4.74 Å². The molecule has 104 valence electrons. The molecular formula is C16H21FO2. The van der Waals surface area contributed by atoms with Gasteiger partial charge in [-0.2, -0.15) is 0 Å². The summed E-state index contributed by atoms with van der Waals surface area (Å²) in [4.78, 5) is 12.4. The fourth-order valence-electron chi connectivity index (χ4n) is 3.20. The molecule has 0 radical (unpaired) electrons. The second-order valence-corrected chi connectivity index (χ2v) is 5.82. The Morgan fingerprint density at radius 1 is 1.21 bits per heavy atom. The van der Waals surface area contributed by atoms with Crippen molar-refractivity contribution in [2.45, 2.75) is 33.1 Å². The van der Waals surface area contributed by atoms with Gasteiger partial charge in [-0.3, -0.25) is 4.79 Å². The van der Waals surface area contributed by atoms with Crippen LogP contribution in [0.4, 0.5) is 4.39 Å². The van der Waals surface area contributed by atoms with Gasteiger partial charge in [0.25, 0.3) is 0 Å². The molecule has 1 fully saturated rings. The summed E-state index contributed by atoms with van der Waals surface area (Å²) in [6.45, 7) is 4.33. The van der Waals surface area contributed by atoms with E-state index in [4.69, 9.17) is 4.74 Å². The summed E-state index contributed by atoms with van der Waals surface area (Å²) < 4.78 is 18.9. The Kier molecular flexibility index (Phi) is 4.23. The van der Waals surface area contributed by atoms with Gasteiger partial charge in [0.05, 0.1) is 12.7 Å². The molecule has 0 amide bonds. The normalized spacial score (nSPS) is 27.1. The Labute approximate surface area is 114 Å². The van der Waals surface area contributed by atoms with E-state index in [0.717, 1.165) is 19.3 Å². The predicted octanol–water partition coefficient (Wildman–Crippen LogP) is 4.09. The smallest absolute Gasteiger partial charge is 0.168 e. The number of rotatable bonds is 3. The van der Waals surface area contributed by atoms with Gasteiger partial charge in [-0.15, -0.1) is 0 Å². The third-order valence-corrected chi connectivity index (χ3v) is 3.99. The molecule has 2 atom stereocenters. The van der Waals surface area contributed by atoms with Gasteiger partial charge in [0.1, 0.15) is 11.6 Å². The van der Waals surface area contributed by atoms with Gasteiger partial charge in [0.15, 0.2) is 5.78 Å². The highest BCUT2D eigenvalue weighted by atomic mass is 19.1. The first-order valence-electron chi connectivity index (χ1n) is 6.89. The van der Waals surface area contributed by atoms with Crippen LogP contribution in [-0.2, 0) is 0 Å². The number of carbonyl (C=O) groups excluding carboxylic acids is 1. The van der Waals surface area contributed by atoms with Crippen LogP contribution in [-0.4, -0.2) is 12.9 Å². The molecule has 0 aromatic heterocycles. The first kappa shape index (κ1) is 14.0. The van der Waals surface area contributed by atoms with Crippen molar-refractivity contribution >= 4 is 5.78 Å². The average molecular weight is 264 g/mol. The van der Waals surface area contributed by atoms with Crippen LogP contribution >= 0.6 is 0 Å². The second kappa shape index (κ2) is 5.72. The molecule has 1 aliphatic carbocycles. The minimum Gasteiger partial charge on any atom is -0.497 e. The third-order valence-electron chi connectivity index (χ3n) is 3.99. The van der Waals surface area contributed by atoms with Crippen molar-refractivity contribution in [1.82, 2.24) is 0 Å². The molecule has 0 bridgehead atoms. The monoisotopic (exact) mass is 264 g/mol. The molecule has 0 saturated heterocycles. The maximum absolute atomic E-state index is 13.9. The average Bonchev–Trinajstić information content (AvgIpc) is 2.36. The summed E-state index contributed by atoms with van der Waals surface area (Å²) in [6.07, 6.45) is 2.90. The number of hydrogen-bond acceptors (Lipinski definition) is 2. The van der Waals surface area contributed by atoms with Crippen molar-refractivity contribution in [2.75, 3.05) is 7.11 Å². The van der Waals surface area contributed by atoms with Gasteiger partial charge in [-0.25, -0.2) is 4.39 Å². The lowest BCUT2D eigenvalue weighted by Crippen LogP contribution is -2.26. The largest absolute Gasteiger partial charge is 0.497 e. The maximum atomic E-state index is 13.9. The molecule has 2 unspecified atom stereocenters. The summed E-state index contributed by atoms with van der Waals surface area (Å²) in [7, 11) is 1.49. The zero-order valence-electron chi connectivity index (χ0n) is 11.8. The molecule has 3 heteroatoms. The Bertz CT molecular complexity index is 460. The van der Waals surface area contributed by atoms with Crippen LogP contribution in [0.15, 0.2) is 18.2 Å². The minimum absolute atomic E-state index is 0.0401. The highest BCUT2D eigenvalue weighted by Gasteiger charge is 2.30. The molecule has 1 aliphatic rings. The van der Waals surface area contributed by atoms with Crippen LogP contribution in [0.25, 0.3) is 0 Å². The van der Waals surface area contributed by atoms with Crippen molar-refractivity contribution in [1.29, 1.82) is 0 Å². The van der Waals surface area contributed by atoms with E-state index in [9.17, 15) is 9.18 Å². The molecule has 2 nitrogen and oxygen atoms in total. The number of benzene rings is 1. The van der Waals surface area contributed by atoms with Crippen LogP contribution in [0, 0.1) is 23.6 Å². The highest BCUT2D eigenvalue weighted by molar-refractivity contribution is 5.98. The summed E-state index contributed by atoms with van der Waals surface area (Å²) in [5, 5.41) is 0. The van der Waals surface area contributed by atoms with Gasteiger partial charge in [-0.05, 0) is 43.2 Å². The Morgan fingerprint density at radius 2 is 1.84 bits per heavy atom. The Hall–Kier alpha value is -1.38. The van der Waals surface area contributed by atoms with Crippen molar-refractivity contribution < 1.29 is 13.9 Å². The lowest BCUT2D eigenvalue weighted by atomic mass is 9.74. The van der Waals surface area contributed by atoms with Crippen molar-refractivity contribution in [3.8, 4) is 5.75 Å². The minimum atomic E-state index is -0.477. The van der Waals surface area contributed by atoms with Crippen LogP contribution in [0.1, 0.15) is 43.5 Å². The lowest BCUT2D eigenvalue weighted by molar-refractivity contribution is 0.0832. The van der Waals surface area contributed by atoms with E-state index in [1.54, 1.807) is 12.1 Å². The standard InChI is InChI=1S/C16H21FO2/c1-10-6-11(2)8-12(7-10)16(18)14-5-4-13(19-3)9-15(14)17/h4-5,9-12H,6-8H2,1-3H3. The summed E-state index contributed by atoms with van der Waals surface area (Å²) >= 11 is 0. The molecule has 19 heavy (non-hydrogen) atoms. The number of carbonyl (C=O) groups is 1. The first-order valence-corrected chi connectivity index (χ1v) is 6.89. The quantitative estimate of drug-likeness (QED) is 0.769. The molecule has 0 spiro atoms. The SMILES string of the molecule is COc1ccc(C(=O)C2CC(C)CC(C)C2)c(F)c1. The van der Waals surface area contributed by atoms with Crippen LogP contribution in [0.2, 0.25) is 0 Å².